The zero-order chi connectivity index (χ0) is 22.5. The van der Waals surface area contributed by atoms with Crippen LogP contribution in [-0.2, 0) is 9.53 Å². The molecule has 1 fully saturated rings. The number of aliphatic imine (C=N–C) groups is 1. The highest BCUT2D eigenvalue weighted by Crippen LogP contribution is 2.32. The predicted octanol–water partition coefficient (Wildman–Crippen LogP) is 4.11. The van der Waals surface area contributed by atoms with Gasteiger partial charge in [-0.05, 0) is 57.4 Å². The Hall–Kier alpha value is -2.44. The van der Waals surface area contributed by atoms with E-state index in [4.69, 9.17) is 16.3 Å². The van der Waals surface area contributed by atoms with Crippen LogP contribution in [0.15, 0.2) is 41.4 Å². The Kier molecular flexibility index (Phi) is 7.68. The lowest BCUT2D eigenvalue weighted by Gasteiger charge is -2.36. The Morgan fingerprint density at radius 2 is 2.03 bits per heavy atom. The lowest BCUT2D eigenvalue weighted by Crippen LogP contribution is -2.40. The number of nitrogens with zero attached hydrogens (tertiary/aromatic N) is 2. The van der Waals surface area contributed by atoms with Crippen LogP contribution in [0.4, 0.5) is 5.69 Å². The Morgan fingerprint density at radius 1 is 1.32 bits per heavy atom. The van der Waals surface area contributed by atoms with Gasteiger partial charge in [0.2, 0.25) is 0 Å². The van der Waals surface area contributed by atoms with Gasteiger partial charge in [-0.15, -0.1) is 6.58 Å². The molecule has 2 aliphatic rings. The molecule has 1 aromatic carbocycles. The normalized spacial score (nSPS) is 19.5. The smallest absolute Gasteiger partial charge is 0.254 e. The van der Waals surface area contributed by atoms with Gasteiger partial charge in [-0.1, -0.05) is 23.3 Å². The molecule has 1 unspecified atom stereocenters. The molecule has 166 valence electrons. The number of allylic oxidation sites excluding steroid dienone is 1. The molecule has 1 saturated heterocycles. The van der Waals surface area contributed by atoms with E-state index < -0.39 is 5.92 Å². The van der Waals surface area contributed by atoms with Gasteiger partial charge in [0, 0.05) is 54.3 Å². The van der Waals surface area contributed by atoms with Crippen molar-refractivity contribution in [3.8, 4) is 0 Å². The van der Waals surface area contributed by atoms with Crippen molar-refractivity contribution in [3.63, 3.8) is 0 Å². The summed E-state index contributed by atoms with van der Waals surface area (Å²) in [5, 5.41) is 3.40. The van der Waals surface area contributed by atoms with Crippen LogP contribution in [0.25, 0.3) is 0 Å². The standard InChI is InChI=1S/C24H30ClN3O3/c1-5-8-28(19-6-9-31-10-7-19)22-13-18(25)12-20(17(22)4)23(29)26-14-21-15(2)11-16(3)27-24(21)30/h5,11-13,19,21H,1,6-10,14H2,2-4H3,(H,26,29). The van der Waals surface area contributed by atoms with Gasteiger partial charge in [0.15, 0.2) is 0 Å². The van der Waals surface area contributed by atoms with Crippen LogP contribution in [-0.4, -0.2) is 49.9 Å². The molecule has 0 spiro atoms. The van der Waals surface area contributed by atoms with Gasteiger partial charge in [-0.25, -0.2) is 4.99 Å². The lowest BCUT2D eigenvalue weighted by molar-refractivity contribution is -0.120. The molecule has 1 aromatic rings. The maximum absolute atomic E-state index is 13.1. The van der Waals surface area contributed by atoms with Gasteiger partial charge in [0.1, 0.15) is 0 Å². The molecular formula is C24H30ClN3O3. The summed E-state index contributed by atoms with van der Waals surface area (Å²) < 4.78 is 5.51. The minimum Gasteiger partial charge on any atom is -0.381 e. The first-order valence-electron chi connectivity index (χ1n) is 10.6. The van der Waals surface area contributed by atoms with E-state index in [0.29, 0.717) is 28.9 Å². The maximum Gasteiger partial charge on any atom is 0.254 e. The van der Waals surface area contributed by atoms with Gasteiger partial charge in [0.05, 0.1) is 5.92 Å². The first-order valence-corrected chi connectivity index (χ1v) is 11.0. The molecule has 0 saturated carbocycles. The molecule has 7 heteroatoms. The molecule has 0 aromatic heterocycles. The van der Waals surface area contributed by atoms with E-state index in [0.717, 1.165) is 42.9 Å². The molecule has 2 amide bonds. The summed E-state index contributed by atoms with van der Waals surface area (Å²) in [5.74, 6) is -0.914. The maximum atomic E-state index is 13.1. The van der Waals surface area contributed by atoms with E-state index in [1.165, 1.54) is 0 Å². The molecule has 31 heavy (non-hydrogen) atoms. The number of nitrogens with one attached hydrogen (secondary N) is 1. The number of carbonyl (C=O) groups is 2. The van der Waals surface area contributed by atoms with Crippen LogP contribution in [0.5, 0.6) is 0 Å². The van der Waals surface area contributed by atoms with Crippen LogP contribution < -0.4 is 10.2 Å². The third kappa shape index (κ3) is 5.43. The third-order valence-electron chi connectivity index (χ3n) is 5.89. The summed E-state index contributed by atoms with van der Waals surface area (Å²) in [5.41, 5.74) is 3.88. The number of ether oxygens (including phenoxy) is 1. The average Bonchev–Trinajstić information content (AvgIpc) is 2.73. The van der Waals surface area contributed by atoms with Gasteiger partial charge in [-0.3, -0.25) is 9.59 Å². The van der Waals surface area contributed by atoms with Crippen LogP contribution in [0.1, 0.15) is 42.6 Å². The van der Waals surface area contributed by atoms with Crippen LogP contribution in [0.3, 0.4) is 0 Å². The quantitative estimate of drug-likeness (QED) is 0.643. The van der Waals surface area contributed by atoms with E-state index in [-0.39, 0.29) is 18.4 Å². The number of dihydropyridines is 1. The molecule has 2 aliphatic heterocycles. The molecule has 2 heterocycles. The second-order valence-electron chi connectivity index (χ2n) is 8.12. The van der Waals surface area contributed by atoms with Crippen molar-refractivity contribution in [2.24, 2.45) is 10.9 Å². The van der Waals surface area contributed by atoms with Crippen molar-refractivity contribution in [1.29, 1.82) is 0 Å². The summed E-state index contributed by atoms with van der Waals surface area (Å²) in [6, 6.07) is 3.88. The zero-order valence-electron chi connectivity index (χ0n) is 18.4. The fourth-order valence-corrected chi connectivity index (χ4v) is 4.44. The summed E-state index contributed by atoms with van der Waals surface area (Å²) in [7, 11) is 0. The molecule has 0 bridgehead atoms. The highest BCUT2D eigenvalue weighted by molar-refractivity contribution is 6.31. The average molecular weight is 444 g/mol. The Balaban J connectivity index is 1.82. The SMILES string of the molecule is C=CCN(c1cc(Cl)cc(C(=O)NCC2C(=O)N=C(C)C=C2C)c1C)C1CCOCC1. The molecular weight excluding hydrogens is 414 g/mol. The van der Waals surface area contributed by atoms with Crippen LogP contribution >= 0.6 is 11.6 Å². The molecule has 3 rings (SSSR count). The second-order valence-corrected chi connectivity index (χ2v) is 8.56. The van der Waals surface area contributed by atoms with Gasteiger partial charge in [0.25, 0.3) is 11.8 Å². The van der Waals surface area contributed by atoms with E-state index in [1.807, 2.05) is 32.1 Å². The monoisotopic (exact) mass is 443 g/mol. The van der Waals surface area contributed by atoms with Crippen LogP contribution in [0.2, 0.25) is 5.02 Å². The van der Waals surface area contributed by atoms with Crippen molar-refractivity contribution >= 4 is 34.8 Å². The highest BCUT2D eigenvalue weighted by atomic mass is 35.5. The molecule has 1 atom stereocenters. The molecule has 6 nitrogen and oxygen atoms in total. The summed E-state index contributed by atoms with van der Waals surface area (Å²) >= 11 is 6.42. The number of hydrogen-bond donors (Lipinski definition) is 1. The number of benzene rings is 1. The van der Waals surface area contributed by atoms with E-state index in [2.05, 4.69) is 21.8 Å². The summed E-state index contributed by atoms with van der Waals surface area (Å²) in [6.45, 7) is 11.8. The minimum atomic E-state index is -0.439. The number of carbonyl (C=O) groups excluding carboxylic acids is 2. The fourth-order valence-electron chi connectivity index (χ4n) is 4.23. The number of anilines is 1. The van der Waals surface area contributed by atoms with E-state index in [1.54, 1.807) is 13.0 Å². The predicted molar refractivity (Wildman–Crippen MR) is 125 cm³/mol. The second kappa shape index (κ2) is 10.2. The molecule has 0 radical (unpaired) electrons. The summed E-state index contributed by atoms with van der Waals surface area (Å²) in [6.07, 6.45) is 5.57. The minimum absolute atomic E-state index is 0.203. The Labute approximate surface area is 189 Å². The van der Waals surface area contributed by atoms with E-state index in [9.17, 15) is 9.59 Å². The zero-order valence-corrected chi connectivity index (χ0v) is 19.2. The van der Waals surface area contributed by atoms with Crippen LogP contribution in [0, 0.1) is 12.8 Å². The first kappa shape index (κ1) is 23.2. The highest BCUT2D eigenvalue weighted by Gasteiger charge is 2.27. The van der Waals surface area contributed by atoms with Gasteiger partial charge < -0.3 is 15.0 Å². The van der Waals surface area contributed by atoms with Gasteiger partial charge >= 0.3 is 0 Å². The number of halogens is 1. The third-order valence-corrected chi connectivity index (χ3v) is 6.11. The van der Waals surface area contributed by atoms with Crippen molar-refractivity contribution < 1.29 is 14.3 Å². The van der Waals surface area contributed by atoms with Gasteiger partial charge in [-0.2, -0.15) is 0 Å². The van der Waals surface area contributed by atoms with Crippen molar-refractivity contribution in [2.45, 2.75) is 39.7 Å². The molecule has 1 N–H and O–H groups in total. The number of rotatable bonds is 7. The van der Waals surface area contributed by atoms with E-state index >= 15 is 0 Å². The van der Waals surface area contributed by atoms with Crippen molar-refractivity contribution in [3.05, 3.63) is 52.6 Å². The Morgan fingerprint density at radius 3 is 2.68 bits per heavy atom. The van der Waals surface area contributed by atoms with Crippen molar-refractivity contribution in [2.75, 3.05) is 31.2 Å². The first-order chi connectivity index (χ1) is 14.8. The van der Waals surface area contributed by atoms with Crippen molar-refractivity contribution in [1.82, 2.24) is 5.32 Å². The largest absolute Gasteiger partial charge is 0.381 e. The summed E-state index contributed by atoms with van der Waals surface area (Å²) in [4.78, 5) is 31.6. The number of hydrogen-bond acceptors (Lipinski definition) is 4. The topological polar surface area (TPSA) is 71.0 Å². The Bertz CT molecular complexity index is 932. The lowest BCUT2D eigenvalue weighted by atomic mass is 9.95. The number of amides is 2. The molecule has 0 aliphatic carbocycles. The fraction of sp³-hybridized carbons (Fsp3) is 0.458.